The van der Waals surface area contributed by atoms with E-state index in [4.69, 9.17) is 48.8 Å². The molecule has 26 heteroatoms. The van der Waals surface area contributed by atoms with Crippen LogP contribution in [0.1, 0.15) is 85.5 Å². The summed E-state index contributed by atoms with van der Waals surface area (Å²) in [6.45, 7) is 6.17. The molecule has 8 atom stereocenters. The number of esters is 4. The minimum Gasteiger partial charge on any atom is -0.870 e. The molecule has 0 aromatic rings. The molecule has 3 aliphatic heterocycles. The summed E-state index contributed by atoms with van der Waals surface area (Å²) in [5.41, 5.74) is -11.4. The monoisotopic (exact) mass is 838 g/mol. The predicted molar refractivity (Wildman–Crippen MR) is 170 cm³/mol. The second kappa shape index (κ2) is 28.6. The number of carbonyl (C=O) groups excluding carboxylic acids is 10. The fourth-order valence-electron chi connectivity index (χ4n) is 5.21. The van der Waals surface area contributed by atoms with Crippen LogP contribution in [0.2, 0.25) is 0 Å². The Kier molecular flexibility index (Phi) is 30.8. The Morgan fingerprint density at radius 2 is 1.14 bits per heavy atom. The molecule has 0 aromatic heterocycles. The number of aliphatic hydroxyl groups excluding tert-OH is 2. The van der Waals surface area contributed by atoms with Gasteiger partial charge in [-0.05, 0) is 26.2 Å². The molecular weight excluding hydrogens is 791 g/mol. The fourth-order valence-corrected chi connectivity index (χ4v) is 5.21. The van der Waals surface area contributed by atoms with E-state index in [0.717, 1.165) is 7.11 Å². The summed E-state index contributed by atoms with van der Waals surface area (Å²) < 4.78 is 18.2. The number of hydrogen-bond acceptors (Lipinski definition) is 23. The van der Waals surface area contributed by atoms with Crippen LogP contribution in [-0.2, 0) is 76.5 Å². The molecule has 3 aliphatic rings. The van der Waals surface area contributed by atoms with E-state index in [-0.39, 0.29) is 62.1 Å². The van der Waals surface area contributed by atoms with Crippen molar-refractivity contribution in [3.8, 4) is 0 Å². The van der Waals surface area contributed by atoms with Gasteiger partial charge in [0.2, 0.25) is 28.0 Å². The van der Waals surface area contributed by atoms with Crippen molar-refractivity contribution < 1.29 is 142 Å². The van der Waals surface area contributed by atoms with Crippen molar-refractivity contribution >= 4 is 54.3 Å². The van der Waals surface area contributed by atoms with Crippen molar-refractivity contribution in [2.75, 3.05) is 13.7 Å². The number of unbranched alkanes of at least 4 members (excludes halogenated alkanes) is 3. The number of methoxy groups -OCH3 is 1. The zero-order valence-electron chi connectivity index (χ0n) is 32.4. The van der Waals surface area contributed by atoms with Gasteiger partial charge in [-0.1, -0.05) is 52.9 Å². The van der Waals surface area contributed by atoms with Crippen LogP contribution in [0.15, 0.2) is 0 Å². The molecule has 9 N–H and O–H groups in total. The van der Waals surface area contributed by atoms with Crippen molar-refractivity contribution in [3.63, 3.8) is 0 Å². The van der Waals surface area contributed by atoms with Crippen LogP contribution in [-0.4, -0.2) is 161 Å². The number of aliphatic hydroxyl groups is 6. The first-order valence-electron chi connectivity index (χ1n) is 16.3. The molecule has 3 rings (SSSR count). The first kappa shape index (κ1) is 62.5. The average molecular weight is 839 g/mol. The Hall–Kier alpha value is -4.72. The summed E-state index contributed by atoms with van der Waals surface area (Å²) in [4.78, 5) is 116. The molecule has 3 saturated heterocycles. The van der Waals surface area contributed by atoms with Crippen LogP contribution in [0.3, 0.4) is 0 Å². The summed E-state index contributed by atoms with van der Waals surface area (Å²) in [5.74, 6) is -7.26. The molecule has 3 fully saturated rings. The van der Waals surface area contributed by atoms with Gasteiger partial charge in [-0.3, -0.25) is 0 Å². The molecule has 0 radical (unpaired) electrons. The summed E-state index contributed by atoms with van der Waals surface area (Å²) >= 11 is 0. The van der Waals surface area contributed by atoms with Gasteiger partial charge in [-0.25, -0.2) is 28.8 Å². The van der Waals surface area contributed by atoms with E-state index in [9.17, 15) is 54.3 Å². The van der Waals surface area contributed by atoms with Gasteiger partial charge in [0.05, 0.1) is 7.11 Å². The maximum Gasteiger partial charge on any atom is 1.00 e. The Morgan fingerprint density at radius 3 is 1.47 bits per heavy atom. The molecule has 0 spiro atoms. The summed E-state index contributed by atoms with van der Waals surface area (Å²) in [7, 11) is 1.08. The molecule has 0 aliphatic carbocycles. The number of carbonyl (C=O) groups is 6. The number of carboxylic acid groups (broad SMARTS) is 2. The first-order valence-corrected chi connectivity index (χ1v) is 16.3. The number of aliphatic carboxylic acids is 2. The van der Waals surface area contributed by atoms with Crippen LogP contribution < -0.4 is 18.9 Å². The molecule has 3 heterocycles. The zero-order chi connectivity index (χ0) is 44.7. The largest absolute Gasteiger partial charge is 1.00 e. The Morgan fingerprint density at radius 1 is 0.741 bits per heavy atom. The van der Waals surface area contributed by atoms with Gasteiger partial charge in [0.15, 0.2) is 6.10 Å². The smallest absolute Gasteiger partial charge is 0.870 e. The van der Waals surface area contributed by atoms with Gasteiger partial charge in [0.25, 0.3) is 0 Å². The average Bonchev–Trinajstić information content (AvgIpc) is 3.59. The number of hydrogen-bond donors (Lipinski definition) is 8. The molecule has 0 unspecified atom stereocenters. The normalized spacial score (nSPS) is 29.4. The third kappa shape index (κ3) is 14.3. The van der Waals surface area contributed by atoms with Gasteiger partial charge >= 0.3 is 73.1 Å². The van der Waals surface area contributed by atoms with Crippen molar-refractivity contribution in [1.29, 1.82) is 0 Å². The van der Waals surface area contributed by atoms with E-state index in [0.29, 0.717) is 38.5 Å². The number of cyclic esters (lactones) is 3. The Bertz CT molecular complexity index is 1420. The second-order valence-electron chi connectivity index (χ2n) is 11.8. The van der Waals surface area contributed by atoms with Gasteiger partial charge in [0, 0.05) is 6.42 Å². The summed E-state index contributed by atoms with van der Waals surface area (Å²) in [5, 5.41) is 76.5. The fraction of sp³-hybridized carbons (Fsp3) is 0.719. The van der Waals surface area contributed by atoms with E-state index in [1.807, 2.05) is 20.8 Å². The Labute approximate surface area is 341 Å². The van der Waals surface area contributed by atoms with Crippen LogP contribution in [0, 0.1) is 0 Å². The minimum absolute atomic E-state index is 0. The minimum atomic E-state index is -2.53. The standard InChI is InChI=1S/C11H18O6.2C9H14O6.3CO2.Li.H2O/c1-4-5-6-10(14)8(12)17-7(2)11(10,15)9(13)16-3;1-2-3-4-8(13)7(12)15-5-9(8,14)6(10)11;1-2-3-4-9(8(13)14)6(11)5(10)7(12)15-9;3*2-1-3;;/h7,14-15H,4-6H2,1-3H3;13-14H,2-5H2,1H3,(H,10,11);5-6,10-11H,2-4H2,1H3,(H,13,14);;;;;1H2/q;;;;;;+1;/p-1/t7-,10+,11-;8-,9+;5-,6-,9+;;;;;/m100...../s1. The number of rotatable bonds is 12. The quantitative estimate of drug-likeness (QED) is 0.0514. The third-order valence-electron chi connectivity index (χ3n) is 8.47. The molecule has 0 aromatic carbocycles. The number of ether oxygens (including phenoxy) is 4. The van der Waals surface area contributed by atoms with E-state index in [2.05, 4.69) is 14.2 Å². The first-order chi connectivity index (χ1) is 25.9. The van der Waals surface area contributed by atoms with Crippen LogP contribution in [0.5, 0.6) is 0 Å². The molecule has 0 bridgehead atoms. The Balaban J connectivity index is -0.000000216. The zero-order valence-corrected chi connectivity index (χ0v) is 32.4. The third-order valence-corrected chi connectivity index (χ3v) is 8.47. The summed E-state index contributed by atoms with van der Waals surface area (Å²) in [6, 6.07) is 0. The summed E-state index contributed by atoms with van der Waals surface area (Å²) in [6.07, 6.45) is -0.521. The second-order valence-corrected chi connectivity index (χ2v) is 11.8. The topological polar surface area (TPSA) is 434 Å². The van der Waals surface area contributed by atoms with E-state index >= 15 is 0 Å². The SMILES string of the molecule is CCCC[C@@]1(C(=O)O)OC(=O)[C@@H](O)[C@@H]1O.CCCC[C@]1(O)C(=O)OC[C@@]1(O)C(=O)O.CCCC[C@]1(O)C(=O)O[C@H](C)[C@@]1(O)C(=O)OC.O=C=O.O=C=O.O=C=O.[Li+].[OH-]. The molecular formula is C32H47LiO25. The maximum atomic E-state index is 11.6. The molecule has 326 valence electrons. The predicted octanol–water partition coefficient (Wildman–Crippen LogP) is -6.61. The van der Waals surface area contributed by atoms with Gasteiger partial charge in [-0.2, -0.15) is 28.8 Å². The molecule has 0 saturated carbocycles. The van der Waals surface area contributed by atoms with Crippen molar-refractivity contribution in [1.82, 2.24) is 0 Å². The van der Waals surface area contributed by atoms with E-state index < -0.39 is 88.7 Å². The molecule has 0 amide bonds. The van der Waals surface area contributed by atoms with Crippen LogP contribution in [0.25, 0.3) is 0 Å². The molecule has 58 heavy (non-hydrogen) atoms. The molecule has 25 nitrogen and oxygen atoms in total. The van der Waals surface area contributed by atoms with Crippen molar-refractivity contribution in [3.05, 3.63) is 0 Å². The van der Waals surface area contributed by atoms with Crippen LogP contribution in [0.4, 0.5) is 0 Å². The van der Waals surface area contributed by atoms with E-state index in [1.165, 1.54) is 6.92 Å². The van der Waals surface area contributed by atoms with Gasteiger partial charge in [0.1, 0.15) is 18.8 Å². The maximum absolute atomic E-state index is 11.6. The van der Waals surface area contributed by atoms with Crippen molar-refractivity contribution in [2.24, 2.45) is 0 Å². The van der Waals surface area contributed by atoms with Crippen LogP contribution >= 0.6 is 0 Å². The van der Waals surface area contributed by atoms with Gasteiger partial charge in [-0.15, -0.1) is 0 Å². The van der Waals surface area contributed by atoms with Gasteiger partial charge < -0.3 is 65.3 Å². The number of carboxylic acids is 2. The van der Waals surface area contributed by atoms with Crippen molar-refractivity contribution in [2.45, 2.75) is 132 Å². The van der Waals surface area contributed by atoms with E-state index in [1.54, 1.807) is 0 Å².